The molecule has 1 aromatic rings. The molecule has 1 rings (SSSR count). The lowest BCUT2D eigenvalue weighted by molar-refractivity contribution is 0.0440. The van der Waals surface area contributed by atoms with Crippen LogP contribution in [0.15, 0.2) is 18.2 Å². The highest BCUT2D eigenvalue weighted by molar-refractivity contribution is 5.39. The standard InChI is InChI=1S/C15H24O2/c1-6-15(4,5)14(16)12-10-11(3)8-9-13(12)17-7-2/h8-10,14,16H,6-7H2,1-5H3. The van der Waals surface area contributed by atoms with Crippen molar-refractivity contribution >= 4 is 0 Å². The van der Waals surface area contributed by atoms with E-state index >= 15 is 0 Å². The minimum absolute atomic E-state index is 0.139. The van der Waals surface area contributed by atoms with E-state index in [1.165, 1.54) is 0 Å². The van der Waals surface area contributed by atoms with Crippen LogP contribution in [0.4, 0.5) is 0 Å². The second-order valence-electron chi connectivity index (χ2n) is 5.22. The zero-order valence-electron chi connectivity index (χ0n) is 11.6. The largest absolute Gasteiger partial charge is 0.493 e. The van der Waals surface area contributed by atoms with Gasteiger partial charge < -0.3 is 9.84 Å². The Morgan fingerprint density at radius 2 is 1.94 bits per heavy atom. The Morgan fingerprint density at radius 3 is 2.47 bits per heavy atom. The predicted molar refractivity (Wildman–Crippen MR) is 71.4 cm³/mol. The molecular weight excluding hydrogens is 212 g/mol. The Labute approximate surface area is 105 Å². The van der Waals surface area contributed by atoms with E-state index in [0.29, 0.717) is 6.61 Å². The van der Waals surface area contributed by atoms with Crippen LogP contribution in [-0.4, -0.2) is 11.7 Å². The minimum Gasteiger partial charge on any atom is -0.493 e. The lowest BCUT2D eigenvalue weighted by Gasteiger charge is -2.30. The predicted octanol–water partition coefficient (Wildman–Crippen LogP) is 3.86. The van der Waals surface area contributed by atoms with Gasteiger partial charge in [-0.1, -0.05) is 32.4 Å². The van der Waals surface area contributed by atoms with Crippen LogP contribution < -0.4 is 4.74 Å². The van der Waals surface area contributed by atoms with Gasteiger partial charge in [0.1, 0.15) is 5.75 Å². The summed E-state index contributed by atoms with van der Waals surface area (Å²) in [4.78, 5) is 0. The second kappa shape index (κ2) is 5.54. The summed E-state index contributed by atoms with van der Waals surface area (Å²) >= 11 is 0. The van der Waals surface area contributed by atoms with Gasteiger partial charge in [-0.15, -0.1) is 0 Å². The van der Waals surface area contributed by atoms with Gasteiger partial charge in [-0.25, -0.2) is 0 Å². The molecule has 0 aliphatic rings. The zero-order chi connectivity index (χ0) is 13.1. The molecule has 0 heterocycles. The fourth-order valence-electron chi connectivity index (χ4n) is 1.78. The summed E-state index contributed by atoms with van der Waals surface area (Å²) in [7, 11) is 0. The van der Waals surface area contributed by atoms with Crippen molar-refractivity contribution in [2.24, 2.45) is 5.41 Å². The van der Waals surface area contributed by atoms with E-state index in [4.69, 9.17) is 4.74 Å². The molecule has 2 nitrogen and oxygen atoms in total. The summed E-state index contributed by atoms with van der Waals surface area (Å²) in [5, 5.41) is 10.5. The molecule has 2 heteroatoms. The molecule has 0 fully saturated rings. The summed E-state index contributed by atoms with van der Waals surface area (Å²) in [6.45, 7) is 10.9. The van der Waals surface area contributed by atoms with Gasteiger partial charge in [0.2, 0.25) is 0 Å². The van der Waals surface area contributed by atoms with Crippen LogP contribution in [0.25, 0.3) is 0 Å². The van der Waals surface area contributed by atoms with Gasteiger partial charge in [0.05, 0.1) is 12.7 Å². The Hall–Kier alpha value is -1.02. The third-order valence-corrected chi connectivity index (χ3v) is 3.41. The van der Waals surface area contributed by atoms with Crippen LogP contribution >= 0.6 is 0 Å². The lowest BCUT2D eigenvalue weighted by atomic mass is 9.80. The van der Waals surface area contributed by atoms with Crippen LogP contribution in [0.3, 0.4) is 0 Å². The molecule has 1 unspecified atom stereocenters. The van der Waals surface area contributed by atoms with E-state index in [2.05, 4.69) is 20.8 Å². The number of aliphatic hydroxyl groups excluding tert-OH is 1. The van der Waals surface area contributed by atoms with Crippen LogP contribution in [0.2, 0.25) is 0 Å². The maximum absolute atomic E-state index is 10.5. The molecular formula is C15H24O2. The summed E-state index contributed by atoms with van der Waals surface area (Å²) in [6, 6.07) is 5.98. The summed E-state index contributed by atoms with van der Waals surface area (Å²) < 4.78 is 5.59. The maximum atomic E-state index is 10.5. The Kier molecular flexibility index (Phi) is 4.58. The minimum atomic E-state index is -0.492. The molecule has 1 N–H and O–H groups in total. The summed E-state index contributed by atoms with van der Waals surface area (Å²) in [6.07, 6.45) is 0.433. The molecule has 0 amide bonds. The number of benzene rings is 1. The topological polar surface area (TPSA) is 29.5 Å². The van der Waals surface area contributed by atoms with Gasteiger partial charge in [0.25, 0.3) is 0 Å². The second-order valence-corrected chi connectivity index (χ2v) is 5.22. The van der Waals surface area contributed by atoms with Crippen LogP contribution in [0, 0.1) is 12.3 Å². The van der Waals surface area contributed by atoms with Gasteiger partial charge in [0.15, 0.2) is 0 Å². The highest BCUT2D eigenvalue weighted by atomic mass is 16.5. The fourth-order valence-corrected chi connectivity index (χ4v) is 1.78. The Bertz CT molecular complexity index is 369. The van der Waals surface area contributed by atoms with E-state index in [-0.39, 0.29) is 5.41 Å². The zero-order valence-corrected chi connectivity index (χ0v) is 11.6. The fraction of sp³-hybridized carbons (Fsp3) is 0.600. The van der Waals surface area contributed by atoms with Crippen molar-refractivity contribution in [3.05, 3.63) is 29.3 Å². The quantitative estimate of drug-likeness (QED) is 0.841. The van der Waals surface area contributed by atoms with Gasteiger partial charge in [-0.05, 0) is 37.8 Å². The normalized spacial score (nSPS) is 13.5. The average Bonchev–Trinajstić information content (AvgIpc) is 2.30. The van der Waals surface area contributed by atoms with E-state index < -0.39 is 6.10 Å². The first-order valence-electron chi connectivity index (χ1n) is 6.33. The molecule has 0 radical (unpaired) electrons. The molecule has 1 aromatic carbocycles. The molecule has 96 valence electrons. The van der Waals surface area contributed by atoms with Crippen molar-refractivity contribution < 1.29 is 9.84 Å². The van der Waals surface area contributed by atoms with Gasteiger partial charge >= 0.3 is 0 Å². The van der Waals surface area contributed by atoms with E-state index in [1.54, 1.807) is 0 Å². The van der Waals surface area contributed by atoms with Crippen molar-refractivity contribution in [2.75, 3.05) is 6.61 Å². The van der Waals surface area contributed by atoms with Crippen LogP contribution in [-0.2, 0) is 0 Å². The van der Waals surface area contributed by atoms with Gasteiger partial charge in [-0.3, -0.25) is 0 Å². The molecule has 0 saturated heterocycles. The third kappa shape index (κ3) is 3.22. The number of rotatable bonds is 5. The highest BCUT2D eigenvalue weighted by Gasteiger charge is 2.29. The van der Waals surface area contributed by atoms with Crippen LogP contribution in [0.1, 0.15) is 51.3 Å². The third-order valence-electron chi connectivity index (χ3n) is 3.41. The van der Waals surface area contributed by atoms with E-state index in [0.717, 1.165) is 23.3 Å². The molecule has 0 aliphatic heterocycles. The van der Waals surface area contributed by atoms with Gasteiger partial charge in [-0.2, -0.15) is 0 Å². The molecule has 17 heavy (non-hydrogen) atoms. The van der Waals surface area contributed by atoms with E-state index in [9.17, 15) is 5.11 Å². The molecule has 0 aliphatic carbocycles. The van der Waals surface area contributed by atoms with Crippen molar-refractivity contribution in [2.45, 2.75) is 47.1 Å². The van der Waals surface area contributed by atoms with Crippen LogP contribution in [0.5, 0.6) is 5.75 Å². The lowest BCUT2D eigenvalue weighted by Crippen LogP contribution is -2.21. The smallest absolute Gasteiger partial charge is 0.125 e. The van der Waals surface area contributed by atoms with Crippen molar-refractivity contribution in [3.63, 3.8) is 0 Å². The van der Waals surface area contributed by atoms with Crippen molar-refractivity contribution in [1.29, 1.82) is 0 Å². The number of hydrogen-bond acceptors (Lipinski definition) is 2. The Balaban J connectivity index is 3.14. The number of ether oxygens (including phenoxy) is 1. The van der Waals surface area contributed by atoms with Crippen molar-refractivity contribution in [1.82, 2.24) is 0 Å². The molecule has 0 spiro atoms. The van der Waals surface area contributed by atoms with Crippen molar-refractivity contribution in [3.8, 4) is 5.75 Å². The Morgan fingerprint density at radius 1 is 1.29 bits per heavy atom. The molecule has 0 bridgehead atoms. The SMILES string of the molecule is CCOc1ccc(C)cc1C(O)C(C)(C)CC. The summed E-state index contributed by atoms with van der Waals surface area (Å²) in [5.74, 6) is 0.798. The van der Waals surface area contributed by atoms with Gasteiger partial charge in [0, 0.05) is 5.56 Å². The molecule has 0 saturated carbocycles. The molecule has 0 aromatic heterocycles. The first-order valence-corrected chi connectivity index (χ1v) is 6.33. The number of aryl methyl sites for hydroxylation is 1. The monoisotopic (exact) mass is 236 g/mol. The number of hydrogen-bond donors (Lipinski definition) is 1. The maximum Gasteiger partial charge on any atom is 0.125 e. The summed E-state index contributed by atoms with van der Waals surface area (Å²) in [5.41, 5.74) is 1.91. The average molecular weight is 236 g/mol. The number of aliphatic hydroxyl groups is 1. The molecule has 1 atom stereocenters. The first kappa shape index (κ1) is 14.0. The first-order chi connectivity index (χ1) is 7.92. The van der Waals surface area contributed by atoms with E-state index in [1.807, 2.05) is 32.0 Å². The highest BCUT2D eigenvalue weighted by Crippen LogP contribution is 2.40.